The van der Waals surface area contributed by atoms with E-state index in [9.17, 15) is 0 Å². The van der Waals surface area contributed by atoms with E-state index in [2.05, 4.69) is 114 Å². The molecule has 10 rings (SSSR count). The van der Waals surface area contributed by atoms with Crippen molar-refractivity contribution in [2.45, 2.75) is 6.42 Å². The minimum absolute atomic E-state index is 0.647. The van der Waals surface area contributed by atoms with Gasteiger partial charge in [-0.2, -0.15) is 0 Å². The number of fused-ring (bicyclic) bond motifs is 7. The lowest BCUT2D eigenvalue weighted by Crippen LogP contribution is -2.00. The van der Waals surface area contributed by atoms with Crippen LogP contribution in [0.2, 0.25) is 0 Å². The van der Waals surface area contributed by atoms with Crippen LogP contribution in [-0.4, -0.2) is 19.5 Å². The highest BCUT2D eigenvalue weighted by molar-refractivity contribution is 6.14. The molecular weight excluding hydrogens is 609 g/mol. The molecule has 0 spiro atoms. The van der Waals surface area contributed by atoms with Crippen LogP contribution in [0.4, 0.5) is 0 Å². The van der Waals surface area contributed by atoms with Gasteiger partial charge in [0.2, 0.25) is 0 Å². The Bertz CT molecular complexity index is 2640. The molecule has 0 N–H and O–H groups in total. The molecule has 4 nitrogen and oxygen atoms in total. The van der Waals surface area contributed by atoms with Gasteiger partial charge in [0.15, 0.2) is 17.5 Å². The highest BCUT2D eigenvalue weighted by atomic mass is 15.0. The lowest BCUT2D eigenvalue weighted by atomic mass is 9.99. The highest BCUT2D eigenvalue weighted by Gasteiger charge is 2.24. The molecule has 0 atom stereocenters. The van der Waals surface area contributed by atoms with Gasteiger partial charge in [0.1, 0.15) is 0 Å². The van der Waals surface area contributed by atoms with E-state index in [1.54, 1.807) is 0 Å². The van der Waals surface area contributed by atoms with Crippen LogP contribution in [0.5, 0.6) is 0 Å². The average Bonchev–Trinajstić information content (AvgIpc) is 3.74. The first-order chi connectivity index (χ1) is 24.8. The SMILES string of the molecule is c1ccc(-c2ccc3c4c5c(ccc4n(-c4ccc(-c6nc(-c7ccccc7)nc(-c7ccccc7)n6)cc4)c3c2)-c2ccccc2C5)cc1. The van der Waals surface area contributed by atoms with E-state index in [0.717, 1.165) is 28.8 Å². The highest BCUT2D eigenvalue weighted by Crippen LogP contribution is 2.45. The van der Waals surface area contributed by atoms with Crippen molar-refractivity contribution in [1.29, 1.82) is 0 Å². The maximum absolute atomic E-state index is 4.97. The topological polar surface area (TPSA) is 43.6 Å². The van der Waals surface area contributed by atoms with Crippen LogP contribution in [0.25, 0.3) is 83.9 Å². The minimum atomic E-state index is 0.647. The zero-order valence-electron chi connectivity index (χ0n) is 27.2. The van der Waals surface area contributed by atoms with Crippen molar-refractivity contribution in [3.63, 3.8) is 0 Å². The summed E-state index contributed by atoms with van der Waals surface area (Å²) >= 11 is 0. The Morgan fingerprint density at radius 3 is 1.58 bits per heavy atom. The van der Waals surface area contributed by atoms with Gasteiger partial charge in [-0.15, -0.1) is 0 Å². The first-order valence-electron chi connectivity index (χ1n) is 17.0. The fourth-order valence-corrected chi connectivity index (χ4v) is 7.53. The molecule has 1 aliphatic carbocycles. The Morgan fingerprint density at radius 1 is 0.400 bits per heavy atom. The van der Waals surface area contributed by atoms with Crippen molar-refractivity contribution >= 4 is 21.8 Å². The number of benzene rings is 7. The van der Waals surface area contributed by atoms with Crippen molar-refractivity contribution in [1.82, 2.24) is 19.5 Å². The molecule has 0 radical (unpaired) electrons. The summed E-state index contributed by atoms with van der Waals surface area (Å²) in [7, 11) is 0. The molecule has 9 aromatic rings. The van der Waals surface area contributed by atoms with Gasteiger partial charge in [-0.05, 0) is 76.2 Å². The van der Waals surface area contributed by atoms with Gasteiger partial charge in [-0.1, -0.05) is 133 Å². The molecule has 2 aromatic heterocycles. The summed E-state index contributed by atoms with van der Waals surface area (Å²) in [5, 5.41) is 2.60. The van der Waals surface area contributed by atoms with Crippen LogP contribution in [0.15, 0.2) is 170 Å². The zero-order valence-corrected chi connectivity index (χ0v) is 27.2. The Morgan fingerprint density at radius 2 is 0.940 bits per heavy atom. The Labute approximate surface area is 290 Å². The fourth-order valence-electron chi connectivity index (χ4n) is 7.53. The molecule has 7 aromatic carbocycles. The largest absolute Gasteiger partial charge is 0.309 e. The fraction of sp³-hybridized carbons (Fsp3) is 0.0217. The van der Waals surface area contributed by atoms with E-state index < -0.39 is 0 Å². The second-order valence-corrected chi connectivity index (χ2v) is 12.8. The summed E-state index contributed by atoms with van der Waals surface area (Å²) in [5.74, 6) is 1.96. The Balaban J connectivity index is 1.15. The van der Waals surface area contributed by atoms with Crippen LogP contribution in [0, 0.1) is 0 Å². The van der Waals surface area contributed by atoms with Crippen molar-refractivity contribution < 1.29 is 0 Å². The van der Waals surface area contributed by atoms with Crippen molar-refractivity contribution in [3.8, 4) is 62.1 Å². The zero-order chi connectivity index (χ0) is 33.0. The number of hydrogen-bond acceptors (Lipinski definition) is 3. The average molecular weight is 639 g/mol. The summed E-state index contributed by atoms with van der Waals surface area (Å²) in [6.07, 6.45) is 0.939. The summed E-state index contributed by atoms with van der Waals surface area (Å²) in [6.45, 7) is 0. The molecule has 0 aliphatic heterocycles. The minimum Gasteiger partial charge on any atom is -0.309 e. The first-order valence-corrected chi connectivity index (χ1v) is 17.0. The molecule has 0 saturated carbocycles. The van der Waals surface area contributed by atoms with Gasteiger partial charge >= 0.3 is 0 Å². The Kier molecular flexibility index (Phi) is 6.53. The number of nitrogens with zero attached hydrogens (tertiary/aromatic N) is 4. The maximum Gasteiger partial charge on any atom is 0.164 e. The van der Waals surface area contributed by atoms with Crippen LogP contribution in [-0.2, 0) is 6.42 Å². The third-order valence-corrected chi connectivity index (χ3v) is 9.90. The van der Waals surface area contributed by atoms with E-state index in [1.165, 1.54) is 55.2 Å². The second kappa shape index (κ2) is 11.5. The second-order valence-electron chi connectivity index (χ2n) is 12.8. The molecule has 0 amide bonds. The molecule has 234 valence electrons. The van der Waals surface area contributed by atoms with Gasteiger partial charge in [0, 0.05) is 33.2 Å². The molecule has 4 heteroatoms. The van der Waals surface area contributed by atoms with Crippen molar-refractivity contribution in [3.05, 3.63) is 181 Å². The van der Waals surface area contributed by atoms with E-state index in [1.807, 2.05) is 60.7 Å². The van der Waals surface area contributed by atoms with Gasteiger partial charge in [0.05, 0.1) is 11.0 Å². The first kappa shape index (κ1) is 28.4. The predicted octanol–water partition coefficient (Wildman–Crippen LogP) is 11.2. The summed E-state index contributed by atoms with van der Waals surface area (Å²) < 4.78 is 2.42. The molecule has 0 unspecified atom stereocenters. The van der Waals surface area contributed by atoms with Crippen LogP contribution in [0.3, 0.4) is 0 Å². The van der Waals surface area contributed by atoms with Crippen molar-refractivity contribution in [2.75, 3.05) is 0 Å². The molecule has 2 heterocycles. The summed E-state index contributed by atoms with van der Waals surface area (Å²) in [5.41, 5.74) is 14.2. The number of rotatable bonds is 5. The molecule has 1 aliphatic rings. The van der Waals surface area contributed by atoms with Crippen LogP contribution >= 0.6 is 0 Å². The normalized spacial score (nSPS) is 11.9. The Hall–Kier alpha value is -6.65. The van der Waals surface area contributed by atoms with Crippen LogP contribution < -0.4 is 0 Å². The molecular formula is C46H30N4. The predicted molar refractivity (Wildman–Crippen MR) is 204 cm³/mol. The smallest absolute Gasteiger partial charge is 0.164 e. The maximum atomic E-state index is 4.97. The molecule has 0 saturated heterocycles. The van der Waals surface area contributed by atoms with E-state index in [-0.39, 0.29) is 0 Å². The summed E-state index contributed by atoms with van der Waals surface area (Å²) in [6, 6.07) is 59.9. The lowest BCUT2D eigenvalue weighted by molar-refractivity contribution is 1.07. The molecule has 50 heavy (non-hydrogen) atoms. The van der Waals surface area contributed by atoms with Gasteiger partial charge in [-0.3, -0.25) is 0 Å². The molecule has 0 fully saturated rings. The monoisotopic (exact) mass is 638 g/mol. The third-order valence-electron chi connectivity index (χ3n) is 9.90. The van der Waals surface area contributed by atoms with E-state index in [0.29, 0.717) is 17.5 Å². The standard InChI is InChI=1S/C46H30N4/c1-4-12-30(13-5-1)34-22-25-39-42(29-34)50(41-27-26-38-37-19-11-10-18-35(37)28-40(38)43(39)41)36-23-20-33(21-24-36)46-48-44(31-14-6-2-7-15-31)47-45(49-46)32-16-8-3-9-17-32/h1-27,29H,28H2. The van der Waals surface area contributed by atoms with E-state index >= 15 is 0 Å². The molecule has 0 bridgehead atoms. The lowest BCUT2D eigenvalue weighted by Gasteiger charge is -2.11. The van der Waals surface area contributed by atoms with E-state index in [4.69, 9.17) is 15.0 Å². The van der Waals surface area contributed by atoms with Crippen molar-refractivity contribution in [2.24, 2.45) is 0 Å². The third kappa shape index (κ3) is 4.65. The summed E-state index contributed by atoms with van der Waals surface area (Å²) in [4.78, 5) is 14.8. The number of hydrogen-bond donors (Lipinski definition) is 0. The quantitative estimate of drug-likeness (QED) is 0.188. The van der Waals surface area contributed by atoms with Gasteiger partial charge < -0.3 is 4.57 Å². The number of aromatic nitrogens is 4. The van der Waals surface area contributed by atoms with Gasteiger partial charge in [0.25, 0.3) is 0 Å². The van der Waals surface area contributed by atoms with Crippen LogP contribution in [0.1, 0.15) is 11.1 Å². The van der Waals surface area contributed by atoms with Gasteiger partial charge in [-0.25, -0.2) is 15.0 Å².